The molecule has 1 atom stereocenters. The topological polar surface area (TPSA) is 21.6 Å². The summed E-state index contributed by atoms with van der Waals surface area (Å²) in [6, 6.07) is 8.50. The molecule has 0 bridgehead atoms. The molecule has 0 saturated carbocycles. The van der Waals surface area contributed by atoms with Crippen LogP contribution in [0.15, 0.2) is 29.3 Å². The molecule has 1 aliphatic rings. The maximum Gasteiger partial charge on any atom is 0.170 e. The maximum atomic E-state index is 5.07. The Balaban J connectivity index is 2.33. The van der Waals surface area contributed by atoms with Crippen LogP contribution in [0.4, 0.5) is 0 Å². The van der Waals surface area contributed by atoms with Gasteiger partial charge in [-0.1, -0.05) is 24.3 Å². The number of aryl methyl sites for hydroxylation is 1. The van der Waals surface area contributed by atoms with E-state index in [0.717, 1.165) is 0 Å². The predicted octanol–water partition coefficient (Wildman–Crippen LogP) is 2.09. The van der Waals surface area contributed by atoms with Crippen LogP contribution in [0.1, 0.15) is 17.2 Å². The van der Waals surface area contributed by atoms with Crippen molar-refractivity contribution in [2.45, 2.75) is 13.0 Å². The first kappa shape index (κ1) is 7.35. The van der Waals surface area contributed by atoms with Gasteiger partial charge in [-0.15, -0.1) is 0 Å². The van der Waals surface area contributed by atoms with E-state index in [2.05, 4.69) is 24.0 Å². The fraction of sp³-hybridized carbons (Fsp3) is 0.300. The molecule has 0 aliphatic carbocycles. The number of aliphatic imine (C=N–C) groups is 1. The van der Waals surface area contributed by atoms with Crippen molar-refractivity contribution in [1.29, 1.82) is 0 Å². The third kappa shape index (κ3) is 1.20. The highest BCUT2D eigenvalue weighted by atomic mass is 16.5. The summed E-state index contributed by atoms with van der Waals surface area (Å²) in [4.78, 5) is 4.22. The molecule has 2 heteroatoms. The zero-order valence-corrected chi connectivity index (χ0v) is 7.03. The van der Waals surface area contributed by atoms with Crippen LogP contribution in [-0.2, 0) is 4.74 Å². The van der Waals surface area contributed by atoms with Crippen molar-refractivity contribution >= 4 is 6.40 Å². The summed E-state index contributed by atoms with van der Waals surface area (Å²) >= 11 is 0. The summed E-state index contributed by atoms with van der Waals surface area (Å²) in [7, 11) is 0. The molecule has 1 heterocycles. The first-order valence-electron chi connectivity index (χ1n) is 4.07. The van der Waals surface area contributed by atoms with Crippen LogP contribution in [0.25, 0.3) is 0 Å². The second-order valence-corrected chi connectivity index (χ2v) is 2.96. The smallest absolute Gasteiger partial charge is 0.170 e. The molecule has 2 rings (SSSR count). The second kappa shape index (κ2) is 2.97. The lowest BCUT2D eigenvalue weighted by Crippen LogP contribution is -1.99. The van der Waals surface area contributed by atoms with Crippen molar-refractivity contribution in [1.82, 2.24) is 0 Å². The van der Waals surface area contributed by atoms with E-state index in [1.54, 1.807) is 0 Å². The zero-order valence-electron chi connectivity index (χ0n) is 7.03. The Labute approximate surface area is 71.9 Å². The summed E-state index contributed by atoms with van der Waals surface area (Å²) < 4.78 is 5.07. The van der Waals surface area contributed by atoms with E-state index in [-0.39, 0.29) is 6.04 Å². The Morgan fingerprint density at radius 1 is 1.42 bits per heavy atom. The van der Waals surface area contributed by atoms with E-state index in [9.17, 15) is 0 Å². The average Bonchev–Trinajstić information content (AvgIpc) is 2.57. The minimum Gasteiger partial charge on any atom is -0.481 e. The molecule has 0 aromatic heterocycles. The standard InChI is InChI=1S/C10H11NO/c1-8-4-2-3-5-9(8)10-6-12-7-11-10/h2-5,7,10H,6H2,1H3. The van der Waals surface area contributed by atoms with Crippen molar-refractivity contribution in [3.05, 3.63) is 35.4 Å². The molecule has 1 unspecified atom stereocenters. The van der Waals surface area contributed by atoms with Crippen LogP contribution in [0.5, 0.6) is 0 Å². The highest BCUT2D eigenvalue weighted by molar-refractivity contribution is 5.50. The highest BCUT2D eigenvalue weighted by Crippen LogP contribution is 2.23. The van der Waals surface area contributed by atoms with Gasteiger partial charge >= 0.3 is 0 Å². The van der Waals surface area contributed by atoms with E-state index in [0.29, 0.717) is 6.61 Å². The Hall–Kier alpha value is -1.31. The molecule has 0 fully saturated rings. The van der Waals surface area contributed by atoms with E-state index < -0.39 is 0 Å². The van der Waals surface area contributed by atoms with Crippen LogP contribution in [-0.4, -0.2) is 13.0 Å². The molecule has 1 aliphatic heterocycles. The first-order chi connectivity index (χ1) is 5.88. The second-order valence-electron chi connectivity index (χ2n) is 2.96. The number of nitrogens with zero attached hydrogens (tertiary/aromatic N) is 1. The summed E-state index contributed by atoms with van der Waals surface area (Å²) in [6.45, 7) is 2.79. The van der Waals surface area contributed by atoms with Crippen molar-refractivity contribution in [2.24, 2.45) is 4.99 Å². The number of benzene rings is 1. The Kier molecular flexibility index (Phi) is 1.82. The van der Waals surface area contributed by atoms with Gasteiger partial charge in [0.25, 0.3) is 0 Å². The minimum absolute atomic E-state index is 0.214. The van der Waals surface area contributed by atoms with E-state index in [1.165, 1.54) is 17.5 Å². The molecule has 12 heavy (non-hydrogen) atoms. The van der Waals surface area contributed by atoms with Crippen LogP contribution < -0.4 is 0 Å². The lowest BCUT2D eigenvalue weighted by molar-refractivity contribution is 0.330. The molecule has 0 N–H and O–H groups in total. The SMILES string of the molecule is Cc1ccccc1C1COC=N1. The van der Waals surface area contributed by atoms with E-state index in [4.69, 9.17) is 4.74 Å². The third-order valence-electron chi connectivity index (χ3n) is 2.12. The summed E-state index contributed by atoms with van der Waals surface area (Å²) in [5, 5.41) is 0. The van der Waals surface area contributed by atoms with Crippen LogP contribution >= 0.6 is 0 Å². The number of hydrogen-bond donors (Lipinski definition) is 0. The normalized spacial score (nSPS) is 20.9. The van der Waals surface area contributed by atoms with Crippen molar-refractivity contribution in [3.63, 3.8) is 0 Å². The first-order valence-corrected chi connectivity index (χ1v) is 4.07. The fourth-order valence-corrected chi connectivity index (χ4v) is 1.42. The molecule has 0 radical (unpaired) electrons. The van der Waals surface area contributed by atoms with Gasteiger partial charge in [-0.05, 0) is 18.1 Å². The molecular formula is C10H11NO. The third-order valence-corrected chi connectivity index (χ3v) is 2.12. The number of rotatable bonds is 1. The molecule has 2 nitrogen and oxygen atoms in total. The quantitative estimate of drug-likeness (QED) is 0.618. The van der Waals surface area contributed by atoms with Crippen molar-refractivity contribution in [3.8, 4) is 0 Å². The van der Waals surface area contributed by atoms with Gasteiger partial charge in [0, 0.05) is 0 Å². The van der Waals surface area contributed by atoms with Crippen molar-refractivity contribution in [2.75, 3.05) is 6.61 Å². The summed E-state index contributed by atoms with van der Waals surface area (Å²) in [5.41, 5.74) is 2.55. The van der Waals surface area contributed by atoms with Crippen LogP contribution in [0.3, 0.4) is 0 Å². The highest BCUT2D eigenvalue weighted by Gasteiger charge is 2.15. The van der Waals surface area contributed by atoms with Crippen LogP contribution in [0, 0.1) is 6.92 Å². The van der Waals surface area contributed by atoms with Gasteiger partial charge in [-0.3, -0.25) is 0 Å². The molecular weight excluding hydrogens is 150 g/mol. The molecule has 1 aromatic rings. The van der Waals surface area contributed by atoms with Gasteiger partial charge in [0.1, 0.15) is 12.6 Å². The van der Waals surface area contributed by atoms with Gasteiger partial charge in [0.2, 0.25) is 0 Å². The minimum atomic E-state index is 0.214. The average molecular weight is 161 g/mol. The summed E-state index contributed by atoms with van der Waals surface area (Å²) in [5.74, 6) is 0. The summed E-state index contributed by atoms with van der Waals surface area (Å²) in [6.07, 6.45) is 1.54. The molecule has 0 spiro atoms. The predicted molar refractivity (Wildman–Crippen MR) is 48.4 cm³/mol. The van der Waals surface area contributed by atoms with Crippen LogP contribution in [0.2, 0.25) is 0 Å². The molecule has 0 saturated heterocycles. The van der Waals surface area contributed by atoms with Gasteiger partial charge in [0.15, 0.2) is 6.40 Å². The van der Waals surface area contributed by atoms with Gasteiger partial charge in [-0.2, -0.15) is 0 Å². The van der Waals surface area contributed by atoms with E-state index in [1.807, 2.05) is 12.1 Å². The number of ether oxygens (including phenoxy) is 1. The zero-order chi connectivity index (χ0) is 8.39. The van der Waals surface area contributed by atoms with Gasteiger partial charge < -0.3 is 4.74 Å². The molecule has 0 amide bonds. The number of hydrogen-bond acceptors (Lipinski definition) is 2. The van der Waals surface area contributed by atoms with Gasteiger partial charge in [0.05, 0.1) is 0 Å². The Morgan fingerprint density at radius 2 is 2.25 bits per heavy atom. The molecule has 1 aromatic carbocycles. The lowest BCUT2D eigenvalue weighted by atomic mass is 10.0. The van der Waals surface area contributed by atoms with Gasteiger partial charge in [-0.25, -0.2) is 4.99 Å². The fourth-order valence-electron chi connectivity index (χ4n) is 1.42. The Morgan fingerprint density at radius 3 is 2.92 bits per heavy atom. The monoisotopic (exact) mass is 161 g/mol. The van der Waals surface area contributed by atoms with E-state index >= 15 is 0 Å². The Bertz CT molecular complexity index is 306. The largest absolute Gasteiger partial charge is 0.481 e. The lowest BCUT2D eigenvalue weighted by Gasteiger charge is -2.08. The van der Waals surface area contributed by atoms with Crippen molar-refractivity contribution < 1.29 is 4.74 Å². The maximum absolute atomic E-state index is 5.07. The molecule has 62 valence electrons.